The van der Waals surface area contributed by atoms with Crippen molar-refractivity contribution >= 4 is 0 Å². The average molecular weight is 349 g/mol. The van der Waals surface area contributed by atoms with Crippen LogP contribution in [-0.4, -0.2) is 31.6 Å². The van der Waals surface area contributed by atoms with E-state index in [9.17, 15) is 0 Å². The molecule has 0 unspecified atom stereocenters. The zero-order valence-corrected chi connectivity index (χ0v) is 15.2. The number of benzene rings is 1. The predicted octanol–water partition coefficient (Wildman–Crippen LogP) is 3.99. The van der Waals surface area contributed by atoms with Crippen molar-refractivity contribution in [3.63, 3.8) is 0 Å². The van der Waals surface area contributed by atoms with E-state index in [1.807, 2.05) is 0 Å². The maximum Gasteiger partial charge on any atom is 0.267 e. The van der Waals surface area contributed by atoms with Crippen LogP contribution in [0.25, 0.3) is 11.6 Å². The maximum absolute atomic E-state index is 5.91. The topological polar surface area (TPSA) is 67.9 Å². The molecule has 0 bridgehead atoms. The van der Waals surface area contributed by atoms with Crippen LogP contribution >= 0.6 is 0 Å². The fourth-order valence-corrected chi connectivity index (χ4v) is 3.42. The highest BCUT2D eigenvalue weighted by atomic mass is 16.4. The Bertz CT molecular complexity index is 844. The molecular formula is C20H23N5O. The van der Waals surface area contributed by atoms with Crippen LogP contribution < -0.4 is 0 Å². The summed E-state index contributed by atoms with van der Waals surface area (Å²) in [5, 5.41) is 8.44. The molecule has 1 aromatic carbocycles. The van der Waals surface area contributed by atoms with Crippen LogP contribution in [0, 0.1) is 0 Å². The zero-order valence-electron chi connectivity index (χ0n) is 15.2. The average Bonchev–Trinajstić information content (AvgIpc) is 3.32. The van der Waals surface area contributed by atoms with Crippen LogP contribution in [0.2, 0.25) is 0 Å². The molecule has 4 rings (SSSR count). The number of nitrogens with zero attached hydrogens (tertiary/aromatic N) is 5. The van der Waals surface area contributed by atoms with Gasteiger partial charge in [-0.05, 0) is 36.4 Å². The Kier molecular flexibility index (Phi) is 4.75. The lowest BCUT2D eigenvalue weighted by Crippen LogP contribution is -2.23. The third-order valence-corrected chi connectivity index (χ3v) is 4.90. The van der Waals surface area contributed by atoms with Crippen molar-refractivity contribution in [3.05, 3.63) is 59.9 Å². The fourth-order valence-electron chi connectivity index (χ4n) is 3.42. The SMILES string of the molecule is CC(C)c1ccc(CN2CCC[C@@H]2c2nnc(-c3cnccn3)o2)cc1. The molecular weight excluding hydrogens is 326 g/mol. The molecule has 0 amide bonds. The molecule has 2 aromatic heterocycles. The van der Waals surface area contributed by atoms with Gasteiger partial charge in [0, 0.05) is 18.9 Å². The quantitative estimate of drug-likeness (QED) is 0.694. The van der Waals surface area contributed by atoms with Crippen LogP contribution in [0.1, 0.15) is 55.7 Å². The maximum atomic E-state index is 5.91. The van der Waals surface area contributed by atoms with Gasteiger partial charge in [-0.3, -0.25) is 9.88 Å². The van der Waals surface area contributed by atoms with Gasteiger partial charge in [0.1, 0.15) is 5.69 Å². The van der Waals surface area contributed by atoms with Gasteiger partial charge >= 0.3 is 0 Å². The standard InChI is InChI=1S/C20H23N5O/c1-14(2)16-7-5-15(6-8-16)13-25-11-3-4-18(25)20-24-23-19(26-20)17-12-21-9-10-22-17/h5-10,12,14,18H,3-4,11,13H2,1-2H3/t18-/m1/s1. The molecule has 0 saturated carbocycles. The van der Waals surface area contributed by atoms with Crippen LogP contribution in [0.3, 0.4) is 0 Å². The van der Waals surface area contributed by atoms with Gasteiger partial charge in [-0.2, -0.15) is 0 Å². The van der Waals surface area contributed by atoms with Gasteiger partial charge in [-0.15, -0.1) is 10.2 Å². The summed E-state index contributed by atoms with van der Waals surface area (Å²) in [7, 11) is 0. The van der Waals surface area contributed by atoms with E-state index in [4.69, 9.17) is 4.42 Å². The minimum atomic E-state index is 0.165. The first-order valence-electron chi connectivity index (χ1n) is 9.13. The van der Waals surface area contributed by atoms with Gasteiger partial charge in [0.15, 0.2) is 0 Å². The van der Waals surface area contributed by atoms with Crippen LogP contribution in [0.4, 0.5) is 0 Å². The second-order valence-corrected chi connectivity index (χ2v) is 7.06. The molecule has 0 spiro atoms. The van der Waals surface area contributed by atoms with Gasteiger partial charge in [-0.25, -0.2) is 4.98 Å². The van der Waals surface area contributed by atoms with Gasteiger partial charge < -0.3 is 4.42 Å². The van der Waals surface area contributed by atoms with Crippen molar-refractivity contribution in [2.45, 2.75) is 45.2 Å². The van der Waals surface area contributed by atoms with E-state index >= 15 is 0 Å². The second-order valence-electron chi connectivity index (χ2n) is 7.06. The Balaban J connectivity index is 1.49. The Morgan fingerprint density at radius 3 is 2.73 bits per heavy atom. The van der Waals surface area contributed by atoms with Crippen molar-refractivity contribution in [2.24, 2.45) is 0 Å². The molecule has 134 valence electrons. The van der Waals surface area contributed by atoms with Crippen molar-refractivity contribution in [2.75, 3.05) is 6.54 Å². The van der Waals surface area contributed by atoms with Crippen molar-refractivity contribution in [3.8, 4) is 11.6 Å². The molecule has 0 radical (unpaired) electrons. The Hall–Kier alpha value is -2.60. The molecule has 1 aliphatic heterocycles. The summed E-state index contributed by atoms with van der Waals surface area (Å²) in [6.45, 7) is 6.37. The van der Waals surface area contributed by atoms with E-state index < -0.39 is 0 Å². The highest BCUT2D eigenvalue weighted by molar-refractivity contribution is 5.43. The van der Waals surface area contributed by atoms with Crippen molar-refractivity contribution in [1.29, 1.82) is 0 Å². The Labute approximate surface area is 153 Å². The zero-order chi connectivity index (χ0) is 17.9. The number of rotatable bonds is 5. The largest absolute Gasteiger partial charge is 0.417 e. The summed E-state index contributed by atoms with van der Waals surface area (Å²) in [6.07, 6.45) is 7.07. The predicted molar refractivity (Wildman–Crippen MR) is 98.2 cm³/mol. The van der Waals surface area contributed by atoms with Gasteiger partial charge in [0.2, 0.25) is 5.89 Å². The van der Waals surface area contributed by atoms with Gasteiger partial charge in [-0.1, -0.05) is 38.1 Å². The van der Waals surface area contributed by atoms with E-state index in [0.717, 1.165) is 25.9 Å². The lowest BCUT2D eigenvalue weighted by molar-refractivity contribution is 0.215. The summed E-state index contributed by atoms with van der Waals surface area (Å²) in [5.41, 5.74) is 3.30. The summed E-state index contributed by atoms with van der Waals surface area (Å²) >= 11 is 0. The molecule has 26 heavy (non-hydrogen) atoms. The van der Waals surface area contributed by atoms with E-state index in [-0.39, 0.29) is 6.04 Å². The molecule has 1 atom stereocenters. The Morgan fingerprint density at radius 1 is 1.15 bits per heavy atom. The van der Waals surface area contributed by atoms with Gasteiger partial charge in [0.25, 0.3) is 5.89 Å². The van der Waals surface area contributed by atoms with Gasteiger partial charge in [0.05, 0.1) is 12.2 Å². The number of hydrogen-bond acceptors (Lipinski definition) is 6. The molecule has 6 heteroatoms. The monoisotopic (exact) mass is 349 g/mol. The molecule has 1 fully saturated rings. The lowest BCUT2D eigenvalue weighted by Gasteiger charge is -2.21. The fraction of sp³-hybridized carbons (Fsp3) is 0.400. The number of hydrogen-bond donors (Lipinski definition) is 0. The van der Waals surface area contributed by atoms with Crippen molar-refractivity contribution < 1.29 is 4.42 Å². The lowest BCUT2D eigenvalue weighted by atomic mass is 10.0. The summed E-state index contributed by atoms with van der Waals surface area (Å²) in [4.78, 5) is 10.7. The summed E-state index contributed by atoms with van der Waals surface area (Å²) < 4.78 is 5.91. The normalized spacial score (nSPS) is 17.9. The van der Waals surface area contributed by atoms with E-state index in [0.29, 0.717) is 23.4 Å². The van der Waals surface area contributed by atoms with Crippen LogP contribution in [0.5, 0.6) is 0 Å². The summed E-state index contributed by atoms with van der Waals surface area (Å²) in [6, 6.07) is 9.07. The molecule has 3 aromatic rings. The third kappa shape index (κ3) is 3.51. The molecule has 0 N–H and O–H groups in total. The first-order valence-corrected chi connectivity index (χ1v) is 9.13. The van der Waals surface area contributed by atoms with E-state index in [1.54, 1.807) is 18.6 Å². The molecule has 1 aliphatic rings. The first-order chi connectivity index (χ1) is 12.7. The Morgan fingerprint density at radius 2 is 2.00 bits per heavy atom. The molecule has 0 aliphatic carbocycles. The summed E-state index contributed by atoms with van der Waals surface area (Å²) in [5.74, 6) is 1.66. The minimum Gasteiger partial charge on any atom is -0.417 e. The van der Waals surface area contributed by atoms with Crippen molar-refractivity contribution in [1.82, 2.24) is 25.1 Å². The minimum absolute atomic E-state index is 0.165. The number of likely N-dealkylation sites (tertiary alicyclic amines) is 1. The van der Waals surface area contributed by atoms with E-state index in [1.165, 1.54) is 11.1 Å². The molecule has 6 nitrogen and oxygen atoms in total. The first kappa shape index (κ1) is 16.8. The van der Waals surface area contributed by atoms with Crippen LogP contribution in [-0.2, 0) is 6.54 Å². The second kappa shape index (κ2) is 7.33. The number of aromatic nitrogens is 4. The van der Waals surface area contributed by atoms with E-state index in [2.05, 4.69) is 63.2 Å². The molecule has 3 heterocycles. The smallest absolute Gasteiger partial charge is 0.267 e. The third-order valence-electron chi connectivity index (χ3n) is 4.90. The highest BCUT2D eigenvalue weighted by Crippen LogP contribution is 2.33. The highest BCUT2D eigenvalue weighted by Gasteiger charge is 2.30. The molecule has 1 saturated heterocycles. The van der Waals surface area contributed by atoms with Crippen LogP contribution in [0.15, 0.2) is 47.3 Å².